The van der Waals surface area contributed by atoms with E-state index in [9.17, 15) is 0 Å². The topological polar surface area (TPSA) is 18.5 Å². The van der Waals surface area contributed by atoms with Gasteiger partial charge in [-0.15, -0.1) is 11.6 Å². The molecule has 0 bridgehead atoms. The molecule has 2 aromatic carbocycles. The van der Waals surface area contributed by atoms with E-state index in [1.165, 1.54) is 0 Å². The molecule has 106 valence electrons. The Morgan fingerprint density at radius 2 is 1.75 bits per heavy atom. The van der Waals surface area contributed by atoms with E-state index in [2.05, 4.69) is 0 Å². The molecule has 4 heteroatoms. The summed E-state index contributed by atoms with van der Waals surface area (Å²) in [4.78, 5) is 0. The van der Waals surface area contributed by atoms with E-state index in [1.54, 1.807) is 14.2 Å². The summed E-state index contributed by atoms with van der Waals surface area (Å²) >= 11 is 12.7. The molecule has 0 amide bonds. The van der Waals surface area contributed by atoms with E-state index in [0.717, 1.165) is 22.4 Å². The highest BCUT2D eigenvalue weighted by atomic mass is 35.5. The maximum absolute atomic E-state index is 6.56. The third kappa shape index (κ3) is 3.02. The lowest BCUT2D eigenvalue weighted by molar-refractivity contribution is 0.391. The molecule has 0 aliphatic rings. The van der Waals surface area contributed by atoms with Crippen LogP contribution in [-0.2, 0) is 0 Å². The molecule has 0 saturated heterocycles. The second-order valence-corrected chi connectivity index (χ2v) is 5.32. The maximum atomic E-state index is 6.56. The SMILES string of the molecule is COc1ccc(C(Cl)c2ccc(C)c(Cl)c2)c(OC)c1. The van der Waals surface area contributed by atoms with E-state index in [-0.39, 0.29) is 5.38 Å². The number of rotatable bonds is 4. The van der Waals surface area contributed by atoms with Crippen LogP contribution in [0.5, 0.6) is 11.5 Å². The van der Waals surface area contributed by atoms with Crippen molar-refractivity contribution in [1.29, 1.82) is 0 Å². The van der Waals surface area contributed by atoms with Crippen molar-refractivity contribution in [2.24, 2.45) is 0 Å². The van der Waals surface area contributed by atoms with Crippen molar-refractivity contribution >= 4 is 23.2 Å². The normalized spacial score (nSPS) is 12.1. The first kappa shape index (κ1) is 15.0. The molecule has 1 unspecified atom stereocenters. The van der Waals surface area contributed by atoms with Crippen molar-refractivity contribution in [3.8, 4) is 11.5 Å². The van der Waals surface area contributed by atoms with Gasteiger partial charge < -0.3 is 9.47 Å². The molecular formula is C16H16Cl2O2. The van der Waals surface area contributed by atoms with Crippen LogP contribution >= 0.6 is 23.2 Å². The first-order chi connectivity index (χ1) is 9.56. The van der Waals surface area contributed by atoms with Crippen LogP contribution in [0, 0.1) is 6.92 Å². The first-order valence-corrected chi connectivity index (χ1v) is 7.00. The Morgan fingerprint density at radius 1 is 1.00 bits per heavy atom. The highest BCUT2D eigenvalue weighted by Crippen LogP contribution is 2.38. The molecule has 1 atom stereocenters. The van der Waals surface area contributed by atoms with E-state index in [1.807, 2.05) is 43.3 Å². The lowest BCUT2D eigenvalue weighted by Gasteiger charge is -2.16. The van der Waals surface area contributed by atoms with Crippen molar-refractivity contribution in [2.75, 3.05) is 14.2 Å². The van der Waals surface area contributed by atoms with Crippen LogP contribution in [0.25, 0.3) is 0 Å². The average molecular weight is 311 g/mol. The summed E-state index contributed by atoms with van der Waals surface area (Å²) in [6.07, 6.45) is 0. The molecule has 0 heterocycles. The van der Waals surface area contributed by atoms with E-state index in [4.69, 9.17) is 32.7 Å². The van der Waals surface area contributed by atoms with Gasteiger partial charge in [-0.05, 0) is 36.2 Å². The van der Waals surface area contributed by atoms with Crippen LogP contribution in [0.1, 0.15) is 22.1 Å². The molecule has 0 aromatic heterocycles. The monoisotopic (exact) mass is 310 g/mol. The van der Waals surface area contributed by atoms with Crippen molar-refractivity contribution in [1.82, 2.24) is 0 Å². The zero-order valence-corrected chi connectivity index (χ0v) is 13.1. The summed E-state index contributed by atoms with van der Waals surface area (Å²) < 4.78 is 10.6. The Balaban J connectivity index is 2.41. The van der Waals surface area contributed by atoms with Gasteiger partial charge in [0, 0.05) is 16.7 Å². The number of halogens is 2. The van der Waals surface area contributed by atoms with Crippen LogP contribution in [0.15, 0.2) is 36.4 Å². The first-order valence-electron chi connectivity index (χ1n) is 6.19. The lowest BCUT2D eigenvalue weighted by Crippen LogP contribution is -1.98. The molecule has 2 rings (SSSR count). The molecular weight excluding hydrogens is 295 g/mol. The lowest BCUT2D eigenvalue weighted by atomic mass is 10.0. The van der Waals surface area contributed by atoms with Crippen LogP contribution in [0.2, 0.25) is 5.02 Å². The van der Waals surface area contributed by atoms with Gasteiger partial charge in [0.1, 0.15) is 11.5 Å². The molecule has 0 saturated carbocycles. The van der Waals surface area contributed by atoms with Gasteiger partial charge in [0.05, 0.1) is 19.6 Å². The zero-order valence-electron chi connectivity index (χ0n) is 11.6. The van der Waals surface area contributed by atoms with Gasteiger partial charge in [0.2, 0.25) is 0 Å². The minimum absolute atomic E-state index is 0.325. The fourth-order valence-electron chi connectivity index (χ4n) is 1.97. The second kappa shape index (κ2) is 6.38. The fourth-order valence-corrected chi connectivity index (χ4v) is 2.48. The van der Waals surface area contributed by atoms with Gasteiger partial charge in [-0.2, -0.15) is 0 Å². The number of benzene rings is 2. The number of hydrogen-bond donors (Lipinski definition) is 0. The zero-order chi connectivity index (χ0) is 14.7. The Morgan fingerprint density at radius 3 is 2.35 bits per heavy atom. The molecule has 2 aromatic rings. The van der Waals surface area contributed by atoms with Gasteiger partial charge in [-0.25, -0.2) is 0 Å². The third-order valence-corrected chi connectivity index (χ3v) is 4.10. The van der Waals surface area contributed by atoms with Gasteiger partial charge in [0.25, 0.3) is 0 Å². The summed E-state index contributed by atoms with van der Waals surface area (Å²) in [6.45, 7) is 1.96. The smallest absolute Gasteiger partial charge is 0.127 e. The summed E-state index contributed by atoms with van der Waals surface area (Å²) in [5.74, 6) is 1.43. The quantitative estimate of drug-likeness (QED) is 0.740. The minimum Gasteiger partial charge on any atom is -0.497 e. The van der Waals surface area contributed by atoms with E-state index >= 15 is 0 Å². The van der Waals surface area contributed by atoms with Crippen molar-refractivity contribution in [2.45, 2.75) is 12.3 Å². The predicted octanol–water partition coefficient (Wildman–Crippen LogP) is 4.99. The van der Waals surface area contributed by atoms with E-state index in [0.29, 0.717) is 10.8 Å². The van der Waals surface area contributed by atoms with Gasteiger partial charge in [-0.3, -0.25) is 0 Å². The largest absolute Gasteiger partial charge is 0.497 e. The Hall–Kier alpha value is -1.38. The Labute approximate surface area is 129 Å². The van der Waals surface area contributed by atoms with Crippen LogP contribution < -0.4 is 9.47 Å². The van der Waals surface area contributed by atoms with Gasteiger partial charge in [0.15, 0.2) is 0 Å². The summed E-state index contributed by atoms with van der Waals surface area (Å²) in [5.41, 5.74) is 2.85. The number of aryl methyl sites for hydroxylation is 1. The highest BCUT2D eigenvalue weighted by molar-refractivity contribution is 6.31. The Bertz CT molecular complexity index is 611. The third-order valence-electron chi connectivity index (χ3n) is 3.20. The second-order valence-electron chi connectivity index (χ2n) is 4.48. The summed E-state index contributed by atoms with van der Waals surface area (Å²) in [7, 11) is 3.23. The minimum atomic E-state index is -0.325. The summed E-state index contributed by atoms with van der Waals surface area (Å²) in [6, 6.07) is 11.4. The number of methoxy groups -OCH3 is 2. The molecule has 0 N–H and O–H groups in total. The fraction of sp³-hybridized carbons (Fsp3) is 0.250. The van der Waals surface area contributed by atoms with Gasteiger partial charge >= 0.3 is 0 Å². The van der Waals surface area contributed by atoms with E-state index < -0.39 is 0 Å². The standard InChI is InChI=1S/C16H16Cl2O2/c1-10-4-5-11(8-14(10)17)16(18)13-7-6-12(19-2)9-15(13)20-3/h4-9,16H,1-3H3. The highest BCUT2D eigenvalue weighted by Gasteiger charge is 2.17. The molecule has 2 nitrogen and oxygen atoms in total. The maximum Gasteiger partial charge on any atom is 0.127 e. The van der Waals surface area contributed by atoms with Gasteiger partial charge in [-0.1, -0.05) is 23.7 Å². The van der Waals surface area contributed by atoms with Crippen molar-refractivity contribution in [3.63, 3.8) is 0 Å². The van der Waals surface area contributed by atoms with Crippen LogP contribution in [0.3, 0.4) is 0 Å². The average Bonchev–Trinajstić information content (AvgIpc) is 2.48. The molecule has 0 radical (unpaired) electrons. The molecule has 0 spiro atoms. The molecule has 0 aliphatic carbocycles. The number of ether oxygens (including phenoxy) is 2. The Kier molecular flexibility index (Phi) is 4.79. The molecule has 0 fully saturated rings. The molecule has 20 heavy (non-hydrogen) atoms. The van der Waals surface area contributed by atoms with Crippen LogP contribution in [-0.4, -0.2) is 14.2 Å². The van der Waals surface area contributed by atoms with Crippen LogP contribution in [0.4, 0.5) is 0 Å². The van der Waals surface area contributed by atoms with Crippen molar-refractivity contribution < 1.29 is 9.47 Å². The number of alkyl halides is 1. The predicted molar refractivity (Wildman–Crippen MR) is 83.4 cm³/mol. The van der Waals surface area contributed by atoms with Crippen molar-refractivity contribution in [3.05, 3.63) is 58.1 Å². The number of hydrogen-bond acceptors (Lipinski definition) is 2. The summed E-state index contributed by atoms with van der Waals surface area (Å²) in [5, 5.41) is 0.384. The molecule has 0 aliphatic heterocycles.